The van der Waals surface area contributed by atoms with E-state index in [0.717, 1.165) is 24.8 Å². The van der Waals surface area contributed by atoms with E-state index in [1.165, 1.54) is 25.7 Å². The van der Waals surface area contributed by atoms with E-state index in [1.807, 2.05) is 6.92 Å². The molecule has 0 heterocycles. The van der Waals surface area contributed by atoms with Gasteiger partial charge in [-0.1, -0.05) is 19.8 Å². The maximum absolute atomic E-state index is 12.3. The van der Waals surface area contributed by atoms with Crippen molar-refractivity contribution in [3.63, 3.8) is 0 Å². The predicted molar refractivity (Wildman–Crippen MR) is 81.0 cm³/mol. The van der Waals surface area contributed by atoms with Crippen molar-refractivity contribution in [3.05, 3.63) is 0 Å². The Hall–Kier alpha value is -1.26. The Labute approximate surface area is 127 Å². The third-order valence-corrected chi connectivity index (χ3v) is 5.34. The van der Waals surface area contributed by atoms with Gasteiger partial charge in [-0.2, -0.15) is 0 Å². The van der Waals surface area contributed by atoms with E-state index in [9.17, 15) is 14.7 Å². The number of nitrogens with one attached hydrogen (secondary N) is 1. The van der Waals surface area contributed by atoms with Crippen LogP contribution in [0.1, 0.15) is 52.4 Å². The van der Waals surface area contributed by atoms with Crippen LogP contribution in [0, 0.1) is 17.8 Å². The molecule has 0 spiro atoms. The fourth-order valence-corrected chi connectivity index (χ4v) is 4.09. The lowest BCUT2D eigenvalue weighted by Gasteiger charge is -2.31. The summed E-state index contributed by atoms with van der Waals surface area (Å²) in [6.07, 6.45) is 6.36. The van der Waals surface area contributed by atoms with Crippen molar-refractivity contribution in [1.82, 2.24) is 10.2 Å². The Bertz CT molecular complexity index is 412. The highest BCUT2D eigenvalue weighted by Crippen LogP contribution is 2.48. The van der Waals surface area contributed by atoms with E-state index in [0.29, 0.717) is 12.3 Å². The SMILES string of the molecule is CCCC(C)(NC(=O)N(C)CC1CC2CCC1C2)C(=O)O. The third-order valence-electron chi connectivity index (χ3n) is 5.34. The lowest BCUT2D eigenvalue weighted by atomic mass is 9.88. The van der Waals surface area contributed by atoms with Crippen molar-refractivity contribution in [2.24, 2.45) is 17.8 Å². The van der Waals surface area contributed by atoms with Crippen LogP contribution in [0.3, 0.4) is 0 Å². The largest absolute Gasteiger partial charge is 0.480 e. The number of nitrogens with zero attached hydrogens (tertiary/aromatic N) is 1. The number of aliphatic carboxylic acids is 1. The summed E-state index contributed by atoms with van der Waals surface area (Å²) in [6, 6.07) is -0.267. The van der Waals surface area contributed by atoms with Crippen LogP contribution in [0.15, 0.2) is 0 Å². The van der Waals surface area contributed by atoms with Gasteiger partial charge in [-0.3, -0.25) is 0 Å². The standard InChI is InChI=1S/C16H28N2O3/c1-4-7-16(2,14(19)20)17-15(21)18(3)10-13-9-11-5-6-12(13)8-11/h11-13H,4-10H2,1-3H3,(H,17,21)(H,19,20). The van der Waals surface area contributed by atoms with Gasteiger partial charge in [0.2, 0.25) is 0 Å². The number of carbonyl (C=O) groups is 2. The number of carbonyl (C=O) groups excluding carboxylic acids is 1. The summed E-state index contributed by atoms with van der Waals surface area (Å²) >= 11 is 0. The van der Waals surface area contributed by atoms with Gasteiger partial charge in [0.25, 0.3) is 0 Å². The zero-order valence-electron chi connectivity index (χ0n) is 13.4. The van der Waals surface area contributed by atoms with Crippen LogP contribution in [-0.2, 0) is 4.79 Å². The van der Waals surface area contributed by atoms with Crippen LogP contribution in [0.2, 0.25) is 0 Å². The lowest BCUT2D eigenvalue weighted by molar-refractivity contribution is -0.144. The van der Waals surface area contributed by atoms with Gasteiger partial charge in [0.05, 0.1) is 0 Å². The first-order valence-electron chi connectivity index (χ1n) is 8.12. The van der Waals surface area contributed by atoms with Crippen LogP contribution in [0.25, 0.3) is 0 Å². The maximum atomic E-state index is 12.3. The van der Waals surface area contributed by atoms with Gasteiger partial charge in [-0.05, 0) is 50.4 Å². The summed E-state index contributed by atoms with van der Waals surface area (Å²) < 4.78 is 0. The van der Waals surface area contributed by atoms with E-state index < -0.39 is 11.5 Å². The Morgan fingerprint density at radius 2 is 2.05 bits per heavy atom. The van der Waals surface area contributed by atoms with Crippen molar-refractivity contribution in [2.45, 2.75) is 57.9 Å². The number of hydrogen-bond donors (Lipinski definition) is 2. The summed E-state index contributed by atoms with van der Waals surface area (Å²) in [7, 11) is 1.77. The van der Waals surface area contributed by atoms with E-state index in [2.05, 4.69) is 5.32 Å². The van der Waals surface area contributed by atoms with Gasteiger partial charge >= 0.3 is 12.0 Å². The third kappa shape index (κ3) is 3.50. The molecule has 2 rings (SSSR count). The molecule has 0 saturated heterocycles. The van der Waals surface area contributed by atoms with Gasteiger partial charge in [0.1, 0.15) is 5.54 Å². The molecule has 2 N–H and O–H groups in total. The molecule has 2 bridgehead atoms. The Morgan fingerprint density at radius 1 is 1.33 bits per heavy atom. The van der Waals surface area contributed by atoms with Crippen LogP contribution in [-0.4, -0.2) is 41.1 Å². The molecule has 120 valence electrons. The van der Waals surface area contributed by atoms with Crippen LogP contribution >= 0.6 is 0 Å². The summed E-state index contributed by atoms with van der Waals surface area (Å²) in [5, 5.41) is 12.0. The molecular weight excluding hydrogens is 268 g/mol. The number of urea groups is 1. The Morgan fingerprint density at radius 3 is 2.52 bits per heavy atom. The number of amides is 2. The minimum atomic E-state index is -1.17. The zero-order valence-corrected chi connectivity index (χ0v) is 13.4. The second-order valence-electron chi connectivity index (χ2n) is 7.13. The average molecular weight is 296 g/mol. The topological polar surface area (TPSA) is 69.6 Å². The second kappa shape index (κ2) is 6.24. The predicted octanol–water partition coefficient (Wildman–Crippen LogP) is 2.71. The average Bonchev–Trinajstić information content (AvgIpc) is 3.00. The first-order chi connectivity index (χ1) is 9.85. The summed E-state index contributed by atoms with van der Waals surface area (Å²) in [4.78, 5) is 25.3. The van der Waals surface area contributed by atoms with Crippen LogP contribution < -0.4 is 5.32 Å². The fourth-order valence-electron chi connectivity index (χ4n) is 4.09. The molecule has 2 saturated carbocycles. The minimum absolute atomic E-state index is 0.267. The van der Waals surface area contributed by atoms with Crippen molar-refractivity contribution in [2.75, 3.05) is 13.6 Å². The molecule has 4 atom stereocenters. The van der Waals surface area contributed by atoms with Gasteiger partial charge in [-0.25, -0.2) is 9.59 Å². The van der Waals surface area contributed by atoms with Crippen molar-refractivity contribution >= 4 is 12.0 Å². The molecule has 2 fully saturated rings. The highest BCUT2D eigenvalue weighted by molar-refractivity contribution is 5.85. The lowest BCUT2D eigenvalue weighted by Crippen LogP contribution is -2.56. The highest BCUT2D eigenvalue weighted by atomic mass is 16.4. The van der Waals surface area contributed by atoms with E-state index in [4.69, 9.17) is 0 Å². The molecule has 0 radical (unpaired) electrons. The molecule has 5 nitrogen and oxygen atoms in total. The van der Waals surface area contributed by atoms with Gasteiger partial charge in [-0.15, -0.1) is 0 Å². The molecule has 2 aliphatic carbocycles. The summed E-state index contributed by atoms with van der Waals surface area (Å²) in [5.41, 5.74) is -1.17. The van der Waals surface area contributed by atoms with E-state index >= 15 is 0 Å². The molecule has 21 heavy (non-hydrogen) atoms. The quantitative estimate of drug-likeness (QED) is 0.791. The van der Waals surface area contributed by atoms with Gasteiger partial charge in [0, 0.05) is 13.6 Å². The normalized spacial score (nSPS) is 30.0. The van der Waals surface area contributed by atoms with Crippen molar-refractivity contribution < 1.29 is 14.7 Å². The molecule has 0 aromatic rings. The number of fused-ring (bicyclic) bond motifs is 2. The first kappa shape index (κ1) is 16.1. The summed E-state index contributed by atoms with van der Waals surface area (Å²) in [5.74, 6) is 1.26. The maximum Gasteiger partial charge on any atom is 0.329 e. The first-order valence-corrected chi connectivity index (χ1v) is 8.12. The van der Waals surface area contributed by atoms with Crippen LogP contribution in [0.4, 0.5) is 4.79 Å². The number of hydrogen-bond acceptors (Lipinski definition) is 2. The fraction of sp³-hybridized carbons (Fsp3) is 0.875. The number of carboxylic acid groups (broad SMARTS) is 1. The summed E-state index contributed by atoms with van der Waals surface area (Å²) in [6.45, 7) is 4.25. The van der Waals surface area contributed by atoms with E-state index in [1.54, 1.807) is 18.9 Å². The monoisotopic (exact) mass is 296 g/mol. The highest BCUT2D eigenvalue weighted by Gasteiger charge is 2.41. The molecular formula is C16H28N2O3. The molecule has 2 aliphatic rings. The Kier molecular flexibility index (Phi) is 4.79. The van der Waals surface area contributed by atoms with E-state index in [-0.39, 0.29) is 6.03 Å². The molecule has 0 aromatic carbocycles. The van der Waals surface area contributed by atoms with Crippen molar-refractivity contribution in [3.8, 4) is 0 Å². The number of rotatable bonds is 6. The molecule has 0 aliphatic heterocycles. The molecule has 0 aromatic heterocycles. The van der Waals surface area contributed by atoms with Gasteiger partial charge in [0.15, 0.2) is 0 Å². The van der Waals surface area contributed by atoms with Crippen molar-refractivity contribution in [1.29, 1.82) is 0 Å². The minimum Gasteiger partial charge on any atom is -0.480 e. The van der Waals surface area contributed by atoms with Crippen LogP contribution in [0.5, 0.6) is 0 Å². The second-order valence-corrected chi connectivity index (χ2v) is 7.13. The number of carboxylic acids is 1. The molecule has 4 unspecified atom stereocenters. The molecule has 2 amide bonds. The smallest absolute Gasteiger partial charge is 0.329 e. The molecule has 5 heteroatoms. The van der Waals surface area contributed by atoms with Gasteiger partial charge < -0.3 is 15.3 Å². The Balaban J connectivity index is 1.88. The zero-order chi connectivity index (χ0) is 15.6.